The molecule has 0 aliphatic carbocycles. The Bertz CT molecular complexity index is 847. The first-order valence-electron chi connectivity index (χ1n) is 7.70. The second kappa shape index (κ2) is 7.00. The summed E-state index contributed by atoms with van der Waals surface area (Å²) in [6, 6.07) is 9.81. The minimum absolute atomic E-state index is 0.0526. The quantitative estimate of drug-likeness (QED) is 0.527. The van der Waals surface area contributed by atoms with E-state index in [-0.39, 0.29) is 11.9 Å². The number of aromatic nitrogens is 4. The maximum absolute atomic E-state index is 12.7. The zero-order valence-corrected chi connectivity index (χ0v) is 14.7. The van der Waals surface area contributed by atoms with Gasteiger partial charge in [0.2, 0.25) is 5.91 Å². The largest absolute Gasteiger partial charge is 0.309 e. The number of rotatable bonds is 5. The molecule has 3 rings (SSSR count). The van der Waals surface area contributed by atoms with E-state index in [0.29, 0.717) is 5.75 Å². The Morgan fingerprint density at radius 2 is 2.00 bits per heavy atom. The van der Waals surface area contributed by atoms with Crippen LogP contribution in [0.1, 0.15) is 13.8 Å². The summed E-state index contributed by atoms with van der Waals surface area (Å²) in [6.45, 7) is 4.03. The van der Waals surface area contributed by atoms with E-state index in [4.69, 9.17) is 0 Å². The predicted molar refractivity (Wildman–Crippen MR) is 96.1 cm³/mol. The second-order valence-electron chi connectivity index (χ2n) is 5.67. The smallest absolute Gasteiger partial charge is 0.237 e. The Morgan fingerprint density at radius 1 is 1.25 bits per heavy atom. The van der Waals surface area contributed by atoms with E-state index < -0.39 is 0 Å². The first kappa shape index (κ1) is 16.4. The maximum atomic E-state index is 12.7. The third-order valence-corrected chi connectivity index (χ3v) is 4.63. The lowest BCUT2D eigenvalue weighted by Crippen LogP contribution is -2.38. The van der Waals surface area contributed by atoms with Gasteiger partial charge < -0.3 is 4.90 Å². The first-order chi connectivity index (χ1) is 11.6. The molecule has 0 spiro atoms. The second-order valence-corrected chi connectivity index (χ2v) is 6.63. The van der Waals surface area contributed by atoms with Crippen LogP contribution in [0, 0.1) is 0 Å². The molecule has 0 saturated carbocycles. The number of fused-ring (bicyclic) bond motifs is 1. The Morgan fingerprint density at radius 3 is 2.71 bits per heavy atom. The number of hydrogen-bond acceptors (Lipinski definition) is 5. The van der Waals surface area contributed by atoms with E-state index in [0.717, 1.165) is 21.7 Å². The van der Waals surface area contributed by atoms with Crippen molar-refractivity contribution in [2.75, 3.05) is 10.7 Å². The summed E-state index contributed by atoms with van der Waals surface area (Å²) < 4.78 is 1.70. The topological polar surface area (TPSA) is 63.9 Å². The van der Waals surface area contributed by atoms with E-state index in [2.05, 4.69) is 15.1 Å². The van der Waals surface area contributed by atoms with Gasteiger partial charge in [-0.25, -0.2) is 9.97 Å². The fourth-order valence-electron chi connectivity index (χ4n) is 2.57. The molecule has 2 aromatic heterocycles. The van der Waals surface area contributed by atoms with E-state index in [1.807, 2.05) is 56.1 Å². The maximum Gasteiger partial charge on any atom is 0.237 e. The number of nitrogens with zero attached hydrogens (tertiary/aromatic N) is 5. The van der Waals surface area contributed by atoms with Crippen molar-refractivity contribution in [1.29, 1.82) is 0 Å². The number of carbonyl (C=O) groups is 1. The summed E-state index contributed by atoms with van der Waals surface area (Å²) in [4.78, 5) is 23.1. The van der Waals surface area contributed by atoms with Crippen LogP contribution in [0.4, 0.5) is 5.69 Å². The first-order valence-corrected chi connectivity index (χ1v) is 8.69. The van der Waals surface area contributed by atoms with Crippen LogP contribution in [-0.4, -0.2) is 37.5 Å². The molecule has 7 heteroatoms. The zero-order chi connectivity index (χ0) is 17.1. The van der Waals surface area contributed by atoms with Crippen molar-refractivity contribution in [3.63, 3.8) is 0 Å². The van der Waals surface area contributed by atoms with Crippen LogP contribution in [0.5, 0.6) is 0 Å². The van der Waals surface area contributed by atoms with Crippen molar-refractivity contribution in [3.05, 3.63) is 42.9 Å². The molecular weight excluding hydrogens is 322 g/mol. The van der Waals surface area contributed by atoms with Gasteiger partial charge in [-0.15, -0.1) is 0 Å². The van der Waals surface area contributed by atoms with Gasteiger partial charge in [0, 0.05) is 18.8 Å². The Labute approximate surface area is 144 Å². The van der Waals surface area contributed by atoms with Gasteiger partial charge in [0.15, 0.2) is 5.65 Å². The van der Waals surface area contributed by atoms with Crippen LogP contribution in [0.25, 0.3) is 11.0 Å². The molecule has 124 valence electrons. The molecule has 0 bridgehead atoms. The van der Waals surface area contributed by atoms with Crippen LogP contribution in [0.3, 0.4) is 0 Å². The van der Waals surface area contributed by atoms with E-state index in [9.17, 15) is 4.79 Å². The molecule has 6 nitrogen and oxygen atoms in total. The Hall–Kier alpha value is -2.41. The van der Waals surface area contributed by atoms with Crippen molar-refractivity contribution in [2.24, 2.45) is 7.05 Å². The van der Waals surface area contributed by atoms with Gasteiger partial charge in [-0.3, -0.25) is 9.48 Å². The average molecular weight is 341 g/mol. The van der Waals surface area contributed by atoms with Crippen molar-refractivity contribution >= 4 is 34.4 Å². The molecule has 0 radical (unpaired) electrons. The number of amides is 1. The number of benzene rings is 1. The highest BCUT2D eigenvalue weighted by Gasteiger charge is 2.20. The number of hydrogen-bond donors (Lipinski definition) is 0. The molecule has 0 unspecified atom stereocenters. The monoisotopic (exact) mass is 341 g/mol. The highest BCUT2D eigenvalue weighted by molar-refractivity contribution is 8.00. The summed E-state index contributed by atoms with van der Waals surface area (Å²) in [5.41, 5.74) is 1.68. The van der Waals surface area contributed by atoms with E-state index >= 15 is 0 Å². The molecule has 0 aliphatic rings. The highest BCUT2D eigenvalue weighted by Crippen LogP contribution is 2.25. The third-order valence-electron chi connectivity index (χ3n) is 3.64. The fraction of sp³-hybridized carbons (Fsp3) is 0.294. The lowest BCUT2D eigenvalue weighted by molar-refractivity contribution is -0.116. The summed E-state index contributed by atoms with van der Waals surface area (Å²) in [7, 11) is 1.84. The average Bonchev–Trinajstić information content (AvgIpc) is 2.96. The van der Waals surface area contributed by atoms with Crippen LogP contribution >= 0.6 is 11.8 Å². The number of anilines is 1. The normalized spacial score (nSPS) is 11.2. The highest BCUT2D eigenvalue weighted by atomic mass is 32.2. The van der Waals surface area contributed by atoms with Crippen molar-refractivity contribution in [3.8, 4) is 0 Å². The Kier molecular flexibility index (Phi) is 4.80. The van der Waals surface area contributed by atoms with Gasteiger partial charge in [-0.1, -0.05) is 30.0 Å². The fourth-order valence-corrected chi connectivity index (χ4v) is 3.39. The van der Waals surface area contributed by atoms with Crippen molar-refractivity contribution in [1.82, 2.24) is 19.7 Å². The molecule has 0 atom stereocenters. The summed E-state index contributed by atoms with van der Waals surface area (Å²) in [6.07, 6.45) is 3.24. The van der Waals surface area contributed by atoms with Gasteiger partial charge in [0.05, 0.1) is 17.3 Å². The molecule has 0 fully saturated rings. The van der Waals surface area contributed by atoms with Crippen LogP contribution in [-0.2, 0) is 11.8 Å². The SMILES string of the molecule is CC(C)N(C(=O)CSc1ncnc2c1cnn2C)c1ccccc1. The summed E-state index contributed by atoms with van der Waals surface area (Å²) in [5.74, 6) is 0.366. The van der Waals surface area contributed by atoms with Crippen LogP contribution in [0.2, 0.25) is 0 Å². The van der Waals surface area contributed by atoms with Gasteiger partial charge in [-0.05, 0) is 26.0 Å². The molecule has 24 heavy (non-hydrogen) atoms. The van der Waals surface area contributed by atoms with Gasteiger partial charge in [0.25, 0.3) is 0 Å². The summed E-state index contributed by atoms with van der Waals surface area (Å²) in [5, 5.41) is 5.85. The van der Waals surface area contributed by atoms with Gasteiger partial charge in [-0.2, -0.15) is 5.10 Å². The number of para-hydroxylation sites is 1. The van der Waals surface area contributed by atoms with E-state index in [1.54, 1.807) is 10.9 Å². The molecule has 0 aliphatic heterocycles. The van der Waals surface area contributed by atoms with Crippen LogP contribution in [0.15, 0.2) is 47.9 Å². The molecule has 1 aromatic carbocycles. The lowest BCUT2D eigenvalue weighted by atomic mass is 10.2. The standard InChI is InChI=1S/C17H19N5OS/c1-12(2)22(13-7-5-4-6-8-13)15(23)10-24-17-14-9-20-21(3)16(14)18-11-19-17/h4-9,11-12H,10H2,1-3H3. The molecule has 3 aromatic rings. The number of aryl methyl sites for hydroxylation is 1. The third kappa shape index (κ3) is 3.26. The minimum atomic E-state index is 0.0526. The molecule has 1 amide bonds. The lowest BCUT2D eigenvalue weighted by Gasteiger charge is -2.26. The molecule has 0 saturated heterocycles. The number of thioether (sulfide) groups is 1. The van der Waals surface area contributed by atoms with Crippen molar-refractivity contribution < 1.29 is 4.79 Å². The van der Waals surface area contributed by atoms with Gasteiger partial charge >= 0.3 is 0 Å². The Balaban J connectivity index is 1.78. The molecule has 0 N–H and O–H groups in total. The van der Waals surface area contributed by atoms with E-state index in [1.165, 1.54) is 18.1 Å². The van der Waals surface area contributed by atoms with Crippen molar-refractivity contribution in [2.45, 2.75) is 24.9 Å². The zero-order valence-electron chi connectivity index (χ0n) is 13.9. The minimum Gasteiger partial charge on any atom is -0.309 e. The van der Waals surface area contributed by atoms with Gasteiger partial charge in [0.1, 0.15) is 11.4 Å². The molecule has 2 heterocycles. The molecular formula is C17H19N5OS. The predicted octanol–water partition coefficient (Wildman–Crippen LogP) is 2.90. The summed E-state index contributed by atoms with van der Waals surface area (Å²) >= 11 is 1.42. The number of carbonyl (C=O) groups excluding carboxylic acids is 1. The van der Waals surface area contributed by atoms with Crippen LogP contribution < -0.4 is 4.90 Å².